The molecule has 0 atom stereocenters. The molecule has 21 heavy (non-hydrogen) atoms. The highest BCUT2D eigenvalue weighted by Crippen LogP contribution is 2.59. The SMILES string of the molecule is C=C(O)C(=C)c1cc(C2C3CC4CC(C3)CC2C4)ccn1. The van der Waals surface area contributed by atoms with E-state index < -0.39 is 0 Å². The normalized spacial score (nSPS) is 36.7. The van der Waals surface area contributed by atoms with Crippen LogP contribution < -0.4 is 0 Å². The van der Waals surface area contributed by atoms with E-state index in [0.29, 0.717) is 11.5 Å². The van der Waals surface area contributed by atoms with Crippen LogP contribution in [0.25, 0.3) is 5.57 Å². The van der Waals surface area contributed by atoms with Crippen LogP contribution in [-0.2, 0) is 0 Å². The summed E-state index contributed by atoms with van der Waals surface area (Å²) in [5, 5.41) is 9.54. The molecule has 4 saturated carbocycles. The Hall–Kier alpha value is -1.57. The molecule has 0 amide bonds. The summed E-state index contributed by atoms with van der Waals surface area (Å²) in [7, 11) is 0. The van der Waals surface area contributed by atoms with E-state index in [9.17, 15) is 5.11 Å². The zero-order valence-corrected chi connectivity index (χ0v) is 12.5. The predicted molar refractivity (Wildman–Crippen MR) is 84.8 cm³/mol. The number of aliphatic hydroxyl groups excluding tert-OH is 1. The minimum atomic E-state index is 0.0183. The van der Waals surface area contributed by atoms with Crippen LogP contribution in [0.2, 0.25) is 0 Å². The van der Waals surface area contributed by atoms with Gasteiger partial charge in [0.05, 0.1) is 5.69 Å². The number of nitrogens with zero attached hydrogens (tertiary/aromatic N) is 1. The third-order valence-electron chi connectivity index (χ3n) is 6.05. The Morgan fingerprint density at radius 1 is 1.05 bits per heavy atom. The van der Waals surface area contributed by atoms with E-state index in [0.717, 1.165) is 29.4 Å². The fourth-order valence-corrected chi connectivity index (χ4v) is 5.44. The summed E-state index contributed by atoms with van der Waals surface area (Å²) in [6.07, 6.45) is 9.03. The molecule has 110 valence electrons. The van der Waals surface area contributed by atoms with Gasteiger partial charge in [0.25, 0.3) is 0 Å². The summed E-state index contributed by atoms with van der Waals surface area (Å²) in [6.45, 7) is 7.45. The van der Waals surface area contributed by atoms with E-state index in [-0.39, 0.29) is 5.76 Å². The molecule has 4 fully saturated rings. The van der Waals surface area contributed by atoms with Gasteiger partial charge in [0, 0.05) is 11.8 Å². The fraction of sp³-hybridized carbons (Fsp3) is 0.526. The lowest BCUT2D eigenvalue weighted by molar-refractivity contribution is -0.00280. The van der Waals surface area contributed by atoms with E-state index in [1.807, 2.05) is 6.20 Å². The first-order chi connectivity index (χ1) is 10.1. The summed E-state index contributed by atoms with van der Waals surface area (Å²) >= 11 is 0. The molecule has 0 spiro atoms. The predicted octanol–water partition coefficient (Wildman–Crippen LogP) is 4.71. The van der Waals surface area contributed by atoms with Gasteiger partial charge >= 0.3 is 0 Å². The molecule has 1 aromatic heterocycles. The third kappa shape index (κ3) is 2.12. The average Bonchev–Trinajstić information content (AvgIpc) is 2.45. The maximum Gasteiger partial charge on any atom is 0.117 e. The molecule has 4 bridgehead atoms. The quantitative estimate of drug-likeness (QED) is 0.643. The Morgan fingerprint density at radius 3 is 2.24 bits per heavy atom. The monoisotopic (exact) mass is 281 g/mol. The van der Waals surface area contributed by atoms with Crippen LogP contribution in [0, 0.1) is 23.7 Å². The standard InChI is InChI=1S/C19H23NO/c1-11(12(2)21)18-10-15(3-4-20-18)19-16-6-13-5-14(8-16)9-17(19)7-13/h3-4,10,13-14,16-17,19,21H,1-2,5-9H2. The molecular formula is C19H23NO. The first kappa shape index (κ1) is 13.1. The fourth-order valence-electron chi connectivity index (χ4n) is 5.44. The molecular weight excluding hydrogens is 258 g/mol. The van der Waals surface area contributed by atoms with Crippen molar-refractivity contribution in [2.75, 3.05) is 0 Å². The van der Waals surface area contributed by atoms with Gasteiger partial charge < -0.3 is 5.11 Å². The zero-order valence-electron chi connectivity index (χ0n) is 12.5. The summed E-state index contributed by atoms with van der Waals surface area (Å²) in [5.74, 6) is 4.43. The Balaban J connectivity index is 1.66. The van der Waals surface area contributed by atoms with E-state index >= 15 is 0 Å². The first-order valence-electron chi connectivity index (χ1n) is 8.15. The van der Waals surface area contributed by atoms with E-state index in [1.54, 1.807) is 0 Å². The Morgan fingerprint density at radius 2 is 1.67 bits per heavy atom. The molecule has 5 rings (SSSR count). The Kier molecular flexibility index (Phi) is 2.95. The molecule has 4 aliphatic rings. The Bertz CT molecular complexity index is 575. The molecule has 0 saturated heterocycles. The van der Waals surface area contributed by atoms with Gasteiger partial charge in [0.15, 0.2) is 0 Å². The van der Waals surface area contributed by atoms with Crippen molar-refractivity contribution in [1.82, 2.24) is 4.98 Å². The summed E-state index contributed by atoms with van der Waals surface area (Å²) in [4.78, 5) is 4.35. The smallest absolute Gasteiger partial charge is 0.117 e. The van der Waals surface area contributed by atoms with Crippen molar-refractivity contribution in [3.63, 3.8) is 0 Å². The van der Waals surface area contributed by atoms with Crippen molar-refractivity contribution < 1.29 is 5.11 Å². The van der Waals surface area contributed by atoms with Gasteiger partial charge in [-0.05, 0) is 79.4 Å². The van der Waals surface area contributed by atoms with E-state index in [2.05, 4.69) is 30.3 Å². The largest absolute Gasteiger partial charge is 0.508 e. The molecule has 4 aliphatic carbocycles. The average molecular weight is 281 g/mol. The number of rotatable bonds is 3. The van der Waals surface area contributed by atoms with Gasteiger partial charge in [-0.25, -0.2) is 0 Å². The summed E-state index contributed by atoms with van der Waals surface area (Å²) in [6, 6.07) is 4.31. The van der Waals surface area contributed by atoms with Gasteiger partial charge in [-0.2, -0.15) is 0 Å². The molecule has 1 aromatic rings. The van der Waals surface area contributed by atoms with Gasteiger partial charge in [-0.3, -0.25) is 4.98 Å². The van der Waals surface area contributed by atoms with Crippen LogP contribution in [0.15, 0.2) is 37.2 Å². The van der Waals surface area contributed by atoms with Crippen LogP contribution in [0.5, 0.6) is 0 Å². The maximum absolute atomic E-state index is 9.54. The minimum absolute atomic E-state index is 0.0183. The molecule has 2 nitrogen and oxygen atoms in total. The number of allylic oxidation sites excluding steroid dienone is 1. The summed E-state index contributed by atoms with van der Waals surface area (Å²) < 4.78 is 0. The van der Waals surface area contributed by atoms with Crippen LogP contribution in [0.4, 0.5) is 0 Å². The van der Waals surface area contributed by atoms with Crippen molar-refractivity contribution in [2.45, 2.75) is 38.0 Å². The number of aliphatic hydroxyl groups is 1. The molecule has 0 unspecified atom stereocenters. The number of hydrogen-bond acceptors (Lipinski definition) is 2. The Labute approximate surface area is 126 Å². The topological polar surface area (TPSA) is 33.1 Å². The van der Waals surface area contributed by atoms with Crippen LogP contribution >= 0.6 is 0 Å². The molecule has 0 radical (unpaired) electrons. The maximum atomic E-state index is 9.54. The van der Waals surface area contributed by atoms with Gasteiger partial charge in [0.2, 0.25) is 0 Å². The first-order valence-corrected chi connectivity index (χ1v) is 8.15. The van der Waals surface area contributed by atoms with Crippen molar-refractivity contribution in [1.29, 1.82) is 0 Å². The number of pyridine rings is 1. The van der Waals surface area contributed by atoms with Gasteiger partial charge in [0.1, 0.15) is 5.76 Å². The van der Waals surface area contributed by atoms with Crippen molar-refractivity contribution in [3.8, 4) is 0 Å². The minimum Gasteiger partial charge on any atom is -0.508 e. The summed E-state index contributed by atoms with van der Waals surface area (Å²) in [5.41, 5.74) is 2.71. The molecule has 0 aliphatic heterocycles. The number of hydrogen-bond donors (Lipinski definition) is 1. The van der Waals surface area contributed by atoms with Crippen molar-refractivity contribution >= 4 is 5.57 Å². The lowest BCUT2D eigenvalue weighted by atomic mass is 9.51. The van der Waals surface area contributed by atoms with Crippen LogP contribution in [-0.4, -0.2) is 10.1 Å². The van der Waals surface area contributed by atoms with Crippen LogP contribution in [0.1, 0.15) is 49.3 Å². The zero-order chi connectivity index (χ0) is 14.6. The van der Waals surface area contributed by atoms with E-state index in [4.69, 9.17) is 0 Å². The van der Waals surface area contributed by atoms with Crippen LogP contribution in [0.3, 0.4) is 0 Å². The molecule has 1 N–H and O–H groups in total. The highest BCUT2D eigenvalue weighted by Gasteiger charge is 2.48. The lowest BCUT2D eigenvalue weighted by Gasteiger charge is -2.54. The van der Waals surface area contributed by atoms with E-state index in [1.165, 1.54) is 37.7 Å². The van der Waals surface area contributed by atoms with Crippen molar-refractivity contribution in [2.24, 2.45) is 23.7 Å². The van der Waals surface area contributed by atoms with Gasteiger partial charge in [-0.1, -0.05) is 13.2 Å². The molecule has 1 heterocycles. The highest BCUT2D eigenvalue weighted by atomic mass is 16.3. The second kappa shape index (κ2) is 4.72. The lowest BCUT2D eigenvalue weighted by Crippen LogP contribution is -2.43. The number of aromatic nitrogens is 1. The van der Waals surface area contributed by atoms with Crippen molar-refractivity contribution in [3.05, 3.63) is 48.5 Å². The van der Waals surface area contributed by atoms with Gasteiger partial charge in [-0.15, -0.1) is 0 Å². The third-order valence-corrected chi connectivity index (χ3v) is 6.05. The highest BCUT2D eigenvalue weighted by molar-refractivity contribution is 5.72. The second-order valence-corrected chi connectivity index (χ2v) is 7.36. The molecule has 2 heteroatoms. The second-order valence-electron chi connectivity index (χ2n) is 7.36. The molecule has 0 aromatic carbocycles.